The molecule has 116 valence electrons. The van der Waals surface area contributed by atoms with Gasteiger partial charge < -0.3 is 28.7 Å². The summed E-state index contributed by atoms with van der Waals surface area (Å²) in [6.07, 6.45) is 1.71. The monoisotopic (exact) mass is 295 g/mol. The molecule has 2 rings (SSSR count). The molecule has 0 spiro atoms. The van der Waals surface area contributed by atoms with E-state index in [0.29, 0.717) is 36.0 Å². The van der Waals surface area contributed by atoms with Crippen LogP contribution in [0.25, 0.3) is 11.0 Å². The summed E-state index contributed by atoms with van der Waals surface area (Å²) in [5.74, 6) is 1.76. The molecule has 1 N–H and O–H groups in total. The molecule has 21 heavy (non-hydrogen) atoms. The summed E-state index contributed by atoms with van der Waals surface area (Å²) in [4.78, 5) is 0. The van der Waals surface area contributed by atoms with E-state index in [9.17, 15) is 0 Å². The van der Waals surface area contributed by atoms with Crippen LogP contribution in [0.2, 0.25) is 0 Å². The molecule has 1 aromatic heterocycles. The Hall–Kier alpha value is -1.92. The summed E-state index contributed by atoms with van der Waals surface area (Å²) in [5, 5.41) is 4.17. The molecule has 0 aliphatic heterocycles. The summed E-state index contributed by atoms with van der Waals surface area (Å²) < 4.78 is 26.8. The predicted molar refractivity (Wildman–Crippen MR) is 79.5 cm³/mol. The summed E-state index contributed by atoms with van der Waals surface area (Å²) >= 11 is 0. The number of ether oxygens (including phenoxy) is 4. The number of nitrogens with one attached hydrogen (secondary N) is 1. The fourth-order valence-corrected chi connectivity index (χ4v) is 2.25. The highest BCUT2D eigenvalue weighted by Crippen LogP contribution is 2.45. The summed E-state index contributed by atoms with van der Waals surface area (Å²) in [5.41, 5.74) is 1.70. The Morgan fingerprint density at radius 2 is 1.81 bits per heavy atom. The number of benzene rings is 1. The van der Waals surface area contributed by atoms with Crippen LogP contribution < -0.4 is 19.5 Å². The van der Waals surface area contributed by atoms with Crippen molar-refractivity contribution >= 4 is 11.0 Å². The maximum atomic E-state index is 5.60. The highest BCUT2D eigenvalue weighted by Gasteiger charge is 2.20. The fraction of sp³-hybridized carbons (Fsp3) is 0.467. The van der Waals surface area contributed by atoms with Gasteiger partial charge in [-0.15, -0.1) is 0 Å². The first kappa shape index (κ1) is 15.5. The lowest BCUT2D eigenvalue weighted by molar-refractivity contribution is 0.199. The van der Waals surface area contributed by atoms with E-state index in [4.69, 9.17) is 23.4 Å². The maximum absolute atomic E-state index is 5.60. The van der Waals surface area contributed by atoms with Gasteiger partial charge in [0.05, 0.1) is 39.6 Å². The highest BCUT2D eigenvalue weighted by atomic mass is 16.5. The van der Waals surface area contributed by atoms with Crippen molar-refractivity contribution in [2.24, 2.45) is 0 Å². The molecule has 0 saturated carbocycles. The highest BCUT2D eigenvalue weighted by molar-refractivity contribution is 5.92. The quantitative estimate of drug-likeness (QED) is 0.753. The van der Waals surface area contributed by atoms with Gasteiger partial charge in [-0.25, -0.2) is 0 Å². The number of hydrogen-bond acceptors (Lipinski definition) is 6. The lowest BCUT2D eigenvalue weighted by Crippen LogP contribution is -2.18. The summed E-state index contributed by atoms with van der Waals surface area (Å²) in [7, 11) is 6.45. The number of rotatable bonds is 8. The van der Waals surface area contributed by atoms with Crippen LogP contribution in [0, 0.1) is 0 Å². The zero-order valence-electron chi connectivity index (χ0n) is 12.8. The molecule has 0 unspecified atom stereocenters. The van der Waals surface area contributed by atoms with Crippen LogP contribution in [0.4, 0.5) is 0 Å². The van der Waals surface area contributed by atoms with Gasteiger partial charge >= 0.3 is 0 Å². The van der Waals surface area contributed by atoms with Gasteiger partial charge in [-0.3, -0.25) is 0 Å². The molecule has 0 saturated heterocycles. The van der Waals surface area contributed by atoms with Gasteiger partial charge in [0.25, 0.3) is 0 Å². The normalized spacial score (nSPS) is 10.9. The molecule has 0 atom stereocenters. The van der Waals surface area contributed by atoms with Crippen LogP contribution in [-0.2, 0) is 11.3 Å². The van der Waals surface area contributed by atoms with Crippen molar-refractivity contribution in [1.29, 1.82) is 0 Å². The van der Waals surface area contributed by atoms with Crippen LogP contribution in [0.3, 0.4) is 0 Å². The number of furan rings is 1. The zero-order valence-corrected chi connectivity index (χ0v) is 12.8. The maximum Gasteiger partial charge on any atom is 0.204 e. The van der Waals surface area contributed by atoms with Gasteiger partial charge in [0.2, 0.25) is 5.75 Å². The molecular formula is C15H21NO5. The lowest BCUT2D eigenvalue weighted by Gasteiger charge is -2.13. The Morgan fingerprint density at radius 1 is 1.05 bits per heavy atom. The zero-order chi connectivity index (χ0) is 15.2. The van der Waals surface area contributed by atoms with Crippen LogP contribution in [0.1, 0.15) is 5.56 Å². The Bertz CT molecular complexity index is 593. The van der Waals surface area contributed by atoms with Gasteiger partial charge in [0, 0.05) is 31.8 Å². The minimum absolute atomic E-state index is 0.562. The van der Waals surface area contributed by atoms with E-state index in [1.54, 1.807) is 40.8 Å². The average molecular weight is 295 g/mol. The summed E-state index contributed by atoms with van der Waals surface area (Å²) in [6, 6.07) is 1.80. The van der Waals surface area contributed by atoms with Crippen LogP contribution in [-0.4, -0.2) is 41.6 Å². The van der Waals surface area contributed by atoms with Gasteiger partial charge in [-0.1, -0.05) is 0 Å². The minimum Gasteiger partial charge on any atom is -0.493 e. The van der Waals surface area contributed by atoms with Crippen molar-refractivity contribution < 1.29 is 23.4 Å². The number of methoxy groups -OCH3 is 4. The summed E-state index contributed by atoms with van der Waals surface area (Å²) in [6.45, 7) is 2.07. The lowest BCUT2D eigenvalue weighted by atomic mass is 10.1. The first-order chi connectivity index (χ1) is 10.3. The van der Waals surface area contributed by atoms with Crippen LogP contribution >= 0.6 is 0 Å². The molecule has 0 bridgehead atoms. The van der Waals surface area contributed by atoms with E-state index in [1.165, 1.54) is 0 Å². The molecule has 0 aliphatic carbocycles. The molecule has 6 heteroatoms. The first-order valence-electron chi connectivity index (χ1n) is 6.65. The van der Waals surface area contributed by atoms with Crippen molar-refractivity contribution in [3.8, 4) is 17.2 Å². The van der Waals surface area contributed by atoms with Crippen molar-refractivity contribution in [1.82, 2.24) is 5.32 Å². The fourth-order valence-electron chi connectivity index (χ4n) is 2.25. The second-order valence-corrected chi connectivity index (χ2v) is 4.45. The van der Waals surface area contributed by atoms with Crippen LogP contribution in [0.15, 0.2) is 16.7 Å². The van der Waals surface area contributed by atoms with Crippen molar-refractivity contribution in [3.05, 3.63) is 17.9 Å². The van der Waals surface area contributed by atoms with Gasteiger partial charge in [0.15, 0.2) is 11.5 Å². The van der Waals surface area contributed by atoms with Gasteiger partial charge in [-0.05, 0) is 0 Å². The Labute approximate surface area is 123 Å². The third kappa shape index (κ3) is 3.06. The number of fused-ring (bicyclic) bond motifs is 1. The van der Waals surface area contributed by atoms with E-state index in [2.05, 4.69) is 5.32 Å². The molecular weight excluding hydrogens is 274 g/mol. The van der Waals surface area contributed by atoms with Crippen molar-refractivity contribution in [2.45, 2.75) is 6.54 Å². The second kappa shape index (κ2) is 7.19. The predicted octanol–water partition coefficient (Wildman–Crippen LogP) is 2.19. The van der Waals surface area contributed by atoms with E-state index in [1.807, 2.05) is 0 Å². The molecule has 0 aliphatic rings. The molecule has 1 aromatic carbocycles. The number of hydrogen-bond donors (Lipinski definition) is 1. The van der Waals surface area contributed by atoms with E-state index >= 15 is 0 Å². The van der Waals surface area contributed by atoms with Crippen LogP contribution in [0.5, 0.6) is 17.2 Å². The molecule has 0 fully saturated rings. The third-order valence-electron chi connectivity index (χ3n) is 3.24. The van der Waals surface area contributed by atoms with Crippen molar-refractivity contribution in [2.75, 3.05) is 41.6 Å². The van der Waals surface area contributed by atoms with E-state index in [-0.39, 0.29) is 0 Å². The Morgan fingerprint density at radius 3 is 2.43 bits per heavy atom. The topological polar surface area (TPSA) is 62.1 Å². The van der Waals surface area contributed by atoms with E-state index in [0.717, 1.165) is 17.5 Å². The SMILES string of the molecule is COCCNCc1coc2cc(OC)c(OC)c(OC)c12. The third-order valence-corrected chi connectivity index (χ3v) is 3.24. The standard InChI is InChI=1S/C15H21NO5/c1-17-6-5-16-8-10-9-21-11-7-12(18-2)14(19-3)15(20-4)13(10)11/h7,9,16H,5-6,8H2,1-4H3. The van der Waals surface area contributed by atoms with E-state index < -0.39 is 0 Å². The molecule has 1 heterocycles. The molecule has 0 amide bonds. The minimum atomic E-state index is 0.562. The Kier molecular flexibility index (Phi) is 5.30. The largest absolute Gasteiger partial charge is 0.493 e. The molecule has 0 radical (unpaired) electrons. The Balaban J connectivity index is 2.40. The molecule has 2 aromatic rings. The second-order valence-electron chi connectivity index (χ2n) is 4.45. The first-order valence-corrected chi connectivity index (χ1v) is 6.65. The van der Waals surface area contributed by atoms with Crippen molar-refractivity contribution in [3.63, 3.8) is 0 Å². The van der Waals surface area contributed by atoms with Gasteiger partial charge in [-0.2, -0.15) is 0 Å². The smallest absolute Gasteiger partial charge is 0.204 e. The average Bonchev–Trinajstić information content (AvgIpc) is 2.92. The molecule has 6 nitrogen and oxygen atoms in total. The van der Waals surface area contributed by atoms with Gasteiger partial charge in [0.1, 0.15) is 5.58 Å².